The lowest BCUT2D eigenvalue weighted by molar-refractivity contribution is -0.143. The topological polar surface area (TPSA) is 84.9 Å². The lowest BCUT2D eigenvalue weighted by atomic mass is 9.88. The highest BCUT2D eigenvalue weighted by atomic mass is 16.5. The first-order chi connectivity index (χ1) is 10.6. The molecule has 2 N–H and O–H groups in total. The van der Waals surface area contributed by atoms with Gasteiger partial charge in [0.15, 0.2) is 0 Å². The van der Waals surface area contributed by atoms with Crippen molar-refractivity contribution < 1.29 is 24.2 Å². The van der Waals surface area contributed by atoms with E-state index >= 15 is 0 Å². The number of nitrogens with one attached hydrogen (secondary N) is 1. The van der Waals surface area contributed by atoms with Crippen LogP contribution in [0.15, 0.2) is 30.3 Å². The Labute approximate surface area is 130 Å². The zero-order valence-corrected chi connectivity index (χ0v) is 13.0. The van der Waals surface area contributed by atoms with E-state index in [1.54, 1.807) is 0 Å². The lowest BCUT2D eigenvalue weighted by Crippen LogP contribution is -2.42. The third kappa shape index (κ3) is 5.37. The number of alkyl carbamates (subject to hydrolysis) is 1. The summed E-state index contributed by atoms with van der Waals surface area (Å²) in [6.07, 6.45) is 1.21. The van der Waals surface area contributed by atoms with Gasteiger partial charge in [-0.1, -0.05) is 30.3 Å². The Bertz CT molecular complexity index is 463. The Balaban J connectivity index is 3.00. The molecule has 0 saturated carbocycles. The van der Waals surface area contributed by atoms with Crippen molar-refractivity contribution in [3.05, 3.63) is 35.9 Å². The second kappa shape index (κ2) is 9.78. The highest BCUT2D eigenvalue weighted by Gasteiger charge is 2.31. The first kappa shape index (κ1) is 18.0. The predicted molar refractivity (Wildman–Crippen MR) is 81.5 cm³/mol. The third-order valence-electron chi connectivity index (χ3n) is 3.43. The minimum atomic E-state index is -0.621. The van der Waals surface area contributed by atoms with Crippen LogP contribution in [0, 0.1) is 0 Å². The van der Waals surface area contributed by atoms with Crippen LogP contribution in [0.3, 0.4) is 0 Å². The molecule has 6 heteroatoms. The Kier molecular flexibility index (Phi) is 7.99. The van der Waals surface area contributed by atoms with Gasteiger partial charge in [-0.3, -0.25) is 4.79 Å². The number of hydrogen-bond donors (Lipinski definition) is 2. The van der Waals surface area contributed by atoms with Crippen molar-refractivity contribution in [3.63, 3.8) is 0 Å². The van der Waals surface area contributed by atoms with Gasteiger partial charge in [-0.15, -0.1) is 0 Å². The largest absolute Gasteiger partial charge is 0.468 e. The molecule has 0 radical (unpaired) electrons. The summed E-state index contributed by atoms with van der Waals surface area (Å²) in [5.74, 6) is -1.04. The van der Waals surface area contributed by atoms with Crippen LogP contribution in [-0.2, 0) is 14.3 Å². The van der Waals surface area contributed by atoms with Crippen molar-refractivity contribution in [1.82, 2.24) is 5.32 Å². The molecule has 0 aliphatic rings. The summed E-state index contributed by atoms with van der Waals surface area (Å²) < 4.78 is 9.52. The molecule has 2 unspecified atom stereocenters. The summed E-state index contributed by atoms with van der Waals surface area (Å²) in [6.45, 7) is 0.0686. The van der Waals surface area contributed by atoms with Gasteiger partial charge in [-0.2, -0.15) is 0 Å². The fourth-order valence-corrected chi connectivity index (χ4v) is 2.33. The summed E-state index contributed by atoms with van der Waals surface area (Å²) in [7, 11) is 2.59. The second-order valence-corrected chi connectivity index (χ2v) is 4.87. The average molecular weight is 309 g/mol. The van der Waals surface area contributed by atoms with E-state index in [1.165, 1.54) is 14.2 Å². The molecule has 0 fully saturated rings. The number of methoxy groups -OCH3 is 2. The minimum absolute atomic E-state index is 0.0686. The third-order valence-corrected chi connectivity index (χ3v) is 3.43. The van der Waals surface area contributed by atoms with Crippen molar-refractivity contribution in [3.8, 4) is 0 Å². The molecule has 1 rings (SSSR count). The lowest BCUT2D eigenvalue weighted by Gasteiger charge is -2.26. The number of unbranched alkanes of at least 4 members (excludes halogenated alkanes) is 1. The Morgan fingerprint density at radius 1 is 1.14 bits per heavy atom. The molecular formula is C16H23NO5. The number of carbonyl (C=O) groups is 2. The Hall–Kier alpha value is -2.08. The van der Waals surface area contributed by atoms with Gasteiger partial charge in [0.1, 0.15) is 5.92 Å². The summed E-state index contributed by atoms with van der Waals surface area (Å²) in [4.78, 5) is 23.8. The zero-order chi connectivity index (χ0) is 16.4. The van der Waals surface area contributed by atoms with E-state index in [0.29, 0.717) is 19.3 Å². The van der Waals surface area contributed by atoms with Gasteiger partial charge in [0.05, 0.1) is 14.2 Å². The maximum Gasteiger partial charge on any atom is 0.407 e. The van der Waals surface area contributed by atoms with E-state index in [4.69, 9.17) is 9.84 Å². The maximum atomic E-state index is 12.2. The van der Waals surface area contributed by atoms with E-state index in [0.717, 1.165) is 5.56 Å². The summed E-state index contributed by atoms with van der Waals surface area (Å²) >= 11 is 0. The van der Waals surface area contributed by atoms with Crippen LogP contribution < -0.4 is 5.32 Å². The number of amides is 1. The Morgan fingerprint density at radius 2 is 1.82 bits per heavy atom. The van der Waals surface area contributed by atoms with Crippen molar-refractivity contribution >= 4 is 12.1 Å². The van der Waals surface area contributed by atoms with Crippen LogP contribution in [0.1, 0.15) is 30.7 Å². The van der Waals surface area contributed by atoms with Gasteiger partial charge in [0.2, 0.25) is 0 Å². The minimum Gasteiger partial charge on any atom is -0.468 e. The van der Waals surface area contributed by atoms with Crippen LogP contribution in [0.25, 0.3) is 0 Å². The molecule has 1 amide bonds. The van der Waals surface area contributed by atoms with Crippen molar-refractivity contribution in [2.24, 2.45) is 0 Å². The van der Waals surface area contributed by atoms with Gasteiger partial charge in [0.25, 0.3) is 0 Å². The van der Waals surface area contributed by atoms with Crippen LogP contribution in [0.2, 0.25) is 0 Å². The SMILES string of the molecule is COC(=O)NC(CCCCO)C(C(=O)OC)c1ccccc1. The smallest absolute Gasteiger partial charge is 0.407 e. The summed E-state index contributed by atoms with van der Waals surface area (Å²) in [5.41, 5.74) is 0.764. The maximum absolute atomic E-state index is 12.2. The van der Waals surface area contributed by atoms with Crippen LogP contribution >= 0.6 is 0 Å². The normalized spacial score (nSPS) is 13.0. The molecule has 1 aromatic carbocycles. The molecule has 6 nitrogen and oxygen atoms in total. The predicted octanol–water partition coefficient (Wildman–Crippen LogP) is 1.83. The van der Waals surface area contributed by atoms with E-state index < -0.39 is 24.0 Å². The molecule has 122 valence electrons. The van der Waals surface area contributed by atoms with E-state index in [2.05, 4.69) is 10.1 Å². The van der Waals surface area contributed by atoms with Crippen molar-refractivity contribution in [2.45, 2.75) is 31.2 Å². The molecule has 0 aliphatic carbocycles. The van der Waals surface area contributed by atoms with E-state index in [-0.39, 0.29) is 6.61 Å². The van der Waals surface area contributed by atoms with E-state index in [1.807, 2.05) is 30.3 Å². The molecule has 0 aliphatic heterocycles. The molecule has 0 aromatic heterocycles. The number of esters is 1. The number of rotatable bonds is 8. The van der Waals surface area contributed by atoms with Gasteiger partial charge in [-0.05, 0) is 24.8 Å². The van der Waals surface area contributed by atoms with Gasteiger partial charge in [0, 0.05) is 12.6 Å². The van der Waals surface area contributed by atoms with Gasteiger partial charge < -0.3 is 19.9 Å². The van der Waals surface area contributed by atoms with E-state index in [9.17, 15) is 9.59 Å². The Morgan fingerprint density at radius 3 is 2.36 bits per heavy atom. The fraction of sp³-hybridized carbons (Fsp3) is 0.500. The first-order valence-corrected chi connectivity index (χ1v) is 7.22. The zero-order valence-electron chi connectivity index (χ0n) is 13.0. The number of aliphatic hydroxyl groups excluding tert-OH is 1. The number of aliphatic hydroxyl groups is 1. The molecule has 22 heavy (non-hydrogen) atoms. The molecule has 0 saturated heterocycles. The number of carbonyl (C=O) groups excluding carboxylic acids is 2. The van der Waals surface area contributed by atoms with Gasteiger partial charge >= 0.3 is 12.1 Å². The van der Waals surface area contributed by atoms with Crippen molar-refractivity contribution in [2.75, 3.05) is 20.8 Å². The molecule has 0 spiro atoms. The number of ether oxygens (including phenoxy) is 2. The van der Waals surface area contributed by atoms with Crippen LogP contribution in [-0.4, -0.2) is 44.0 Å². The van der Waals surface area contributed by atoms with Gasteiger partial charge in [-0.25, -0.2) is 4.79 Å². The first-order valence-electron chi connectivity index (χ1n) is 7.22. The number of hydrogen-bond acceptors (Lipinski definition) is 5. The van der Waals surface area contributed by atoms with Crippen LogP contribution in [0.4, 0.5) is 4.79 Å². The molecular weight excluding hydrogens is 286 g/mol. The molecule has 2 atom stereocenters. The monoisotopic (exact) mass is 309 g/mol. The highest BCUT2D eigenvalue weighted by molar-refractivity contribution is 5.80. The van der Waals surface area contributed by atoms with Crippen LogP contribution in [0.5, 0.6) is 0 Å². The summed E-state index contributed by atoms with van der Waals surface area (Å²) in [6, 6.07) is 8.68. The standard InChI is InChI=1S/C16H23NO5/c1-21-15(19)14(12-8-4-3-5-9-12)13(10-6-7-11-18)17-16(20)22-2/h3-5,8-9,13-14,18H,6-7,10-11H2,1-2H3,(H,17,20). The molecule has 0 bridgehead atoms. The molecule has 0 heterocycles. The second-order valence-electron chi connectivity index (χ2n) is 4.87. The number of benzene rings is 1. The average Bonchev–Trinajstić information content (AvgIpc) is 2.55. The fourth-order valence-electron chi connectivity index (χ4n) is 2.33. The van der Waals surface area contributed by atoms with Crippen molar-refractivity contribution in [1.29, 1.82) is 0 Å². The summed E-state index contributed by atoms with van der Waals surface area (Å²) in [5, 5.41) is 11.6. The molecule has 1 aromatic rings. The highest BCUT2D eigenvalue weighted by Crippen LogP contribution is 2.25. The quantitative estimate of drug-likeness (QED) is 0.565.